The van der Waals surface area contributed by atoms with Crippen molar-refractivity contribution in [2.45, 2.75) is 19.3 Å². The second-order valence-corrected chi connectivity index (χ2v) is 5.26. The van der Waals surface area contributed by atoms with Gasteiger partial charge in [-0.25, -0.2) is 0 Å². The minimum Gasteiger partial charge on any atom is -0.481 e. The molecule has 0 aromatic rings. The maximum atomic E-state index is 12.1. The van der Waals surface area contributed by atoms with Crippen molar-refractivity contribution >= 4 is 17.8 Å². The smallest absolute Gasteiger partial charge is 0.303 e. The van der Waals surface area contributed by atoms with Crippen LogP contribution in [0.25, 0.3) is 0 Å². The lowest BCUT2D eigenvalue weighted by Gasteiger charge is -2.32. The van der Waals surface area contributed by atoms with Gasteiger partial charge in [0, 0.05) is 6.42 Å². The predicted octanol–water partition coefficient (Wildman–Crippen LogP) is 0.418. The number of allylic oxidation sites excluding steroid dienone is 2. The maximum Gasteiger partial charge on any atom is 0.303 e. The zero-order chi connectivity index (χ0) is 13.1. The summed E-state index contributed by atoms with van der Waals surface area (Å²) in [6, 6.07) is 0. The number of amides is 2. The van der Waals surface area contributed by atoms with Crippen molar-refractivity contribution in [1.29, 1.82) is 0 Å². The van der Waals surface area contributed by atoms with Crippen molar-refractivity contribution in [3.63, 3.8) is 0 Å². The molecular weight excluding hydrogens is 238 g/mol. The molecule has 2 bridgehead atoms. The number of aliphatic carboxylic acids is 1. The molecule has 4 atom stereocenters. The normalized spacial score (nSPS) is 40.7. The molecule has 18 heavy (non-hydrogen) atoms. The van der Waals surface area contributed by atoms with Crippen LogP contribution < -0.4 is 0 Å². The van der Waals surface area contributed by atoms with Crippen LogP contribution in [0.5, 0.6) is 0 Å². The number of hydrogen-bond donors (Lipinski definition) is 2. The third kappa shape index (κ3) is 1.13. The lowest BCUT2D eigenvalue weighted by atomic mass is 9.67. The van der Waals surface area contributed by atoms with E-state index in [0.29, 0.717) is 6.42 Å². The first kappa shape index (κ1) is 11.4. The number of imide groups is 1. The molecule has 2 aliphatic carbocycles. The zero-order valence-electron chi connectivity index (χ0n) is 9.57. The van der Waals surface area contributed by atoms with E-state index in [1.54, 1.807) is 0 Å². The molecular formula is C12H13NO5. The highest BCUT2D eigenvalue weighted by atomic mass is 16.5. The second kappa shape index (κ2) is 3.41. The van der Waals surface area contributed by atoms with Crippen molar-refractivity contribution in [3.05, 3.63) is 12.2 Å². The largest absolute Gasteiger partial charge is 0.481 e. The van der Waals surface area contributed by atoms with E-state index < -0.39 is 29.1 Å². The van der Waals surface area contributed by atoms with Crippen molar-refractivity contribution in [2.75, 3.05) is 0 Å². The fraction of sp³-hybridized carbons (Fsp3) is 0.583. The number of carboxylic acid groups (broad SMARTS) is 1. The van der Waals surface area contributed by atoms with Gasteiger partial charge >= 0.3 is 5.97 Å². The summed E-state index contributed by atoms with van der Waals surface area (Å²) in [4.78, 5) is 34.8. The highest BCUT2D eigenvalue weighted by Gasteiger charge is 2.69. The number of carboxylic acids is 1. The highest BCUT2D eigenvalue weighted by Crippen LogP contribution is 2.62. The number of carbonyl (C=O) groups is 3. The molecule has 3 rings (SSSR count). The van der Waals surface area contributed by atoms with Gasteiger partial charge in [0.25, 0.3) is 11.8 Å². The van der Waals surface area contributed by atoms with Gasteiger partial charge in [-0.3, -0.25) is 19.6 Å². The molecule has 1 saturated heterocycles. The minimum absolute atomic E-state index is 0.0441. The van der Waals surface area contributed by atoms with Crippen molar-refractivity contribution in [2.24, 2.45) is 23.2 Å². The Balaban J connectivity index is 2.02. The molecule has 3 aliphatic rings. The topological polar surface area (TPSA) is 94.9 Å². The number of nitrogens with zero attached hydrogens (tertiary/aromatic N) is 1. The third-order valence-electron chi connectivity index (χ3n) is 4.58. The SMILES string of the molecule is O=C(O)CCC12C(=O)N(O)C(=O)C1C1C=CC2C1. The van der Waals surface area contributed by atoms with Crippen molar-refractivity contribution in [1.82, 2.24) is 5.06 Å². The Kier molecular flexibility index (Phi) is 2.16. The van der Waals surface area contributed by atoms with Crippen LogP contribution in [-0.2, 0) is 14.4 Å². The molecule has 0 spiro atoms. The van der Waals surface area contributed by atoms with Crippen LogP contribution in [0.1, 0.15) is 19.3 Å². The zero-order valence-corrected chi connectivity index (χ0v) is 9.57. The van der Waals surface area contributed by atoms with Gasteiger partial charge in [0.15, 0.2) is 0 Å². The van der Waals surface area contributed by atoms with E-state index in [-0.39, 0.29) is 29.7 Å². The molecule has 6 heteroatoms. The Bertz CT molecular complexity index is 485. The summed E-state index contributed by atoms with van der Waals surface area (Å²) in [6.45, 7) is 0. The van der Waals surface area contributed by atoms with Crippen LogP contribution in [0.3, 0.4) is 0 Å². The summed E-state index contributed by atoms with van der Waals surface area (Å²) in [6.07, 6.45) is 4.43. The van der Waals surface area contributed by atoms with E-state index >= 15 is 0 Å². The Labute approximate surface area is 103 Å². The van der Waals surface area contributed by atoms with Crippen LogP contribution in [0.2, 0.25) is 0 Å². The number of rotatable bonds is 3. The van der Waals surface area contributed by atoms with Crippen LogP contribution in [0.4, 0.5) is 0 Å². The molecule has 2 fully saturated rings. The van der Waals surface area contributed by atoms with Crippen molar-refractivity contribution in [3.8, 4) is 0 Å². The molecule has 6 nitrogen and oxygen atoms in total. The number of hydroxylamine groups is 2. The molecule has 96 valence electrons. The average Bonchev–Trinajstić information content (AvgIpc) is 2.96. The van der Waals surface area contributed by atoms with Crippen LogP contribution in [-0.4, -0.2) is 33.2 Å². The van der Waals surface area contributed by atoms with Gasteiger partial charge in [-0.15, -0.1) is 0 Å². The first-order valence-corrected chi connectivity index (χ1v) is 5.96. The van der Waals surface area contributed by atoms with Gasteiger partial charge in [0.05, 0.1) is 11.3 Å². The Hall–Kier alpha value is -1.69. The fourth-order valence-electron chi connectivity index (χ4n) is 3.85. The van der Waals surface area contributed by atoms with Gasteiger partial charge in [-0.1, -0.05) is 12.2 Å². The monoisotopic (exact) mass is 251 g/mol. The first-order valence-electron chi connectivity index (χ1n) is 5.96. The molecule has 0 aromatic heterocycles. The van der Waals surface area contributed by atoms with E-state index in [2.05, 4.69) is 0 Å². The summed E-state index contributed by atoms with van der Waals surface area (Å²) in [5.74, 6) is -2.95. The fourth-order valence-corrected chi connectivity index (χ4v) is 3.85. The number of fused-ring (bicyclic) bond motifs is 5. The van der Waals surface area contributed by atoms with Crippen molar-refractivity contribution < 1.29 is 24.7 Å². The molecule has 1 aliphatic heterocycles. The Morgan fingerprint density at radius 3 is 2.83 bits per heavy atom. The molecule has 2 amide bonds. The lowest BCUT2D eigenvalue weighted by molar-refractivity contribution is -0.175. The van der Waals surface area contributed by atoms with Gasteiger partial charge in [-0.2, -0.15) is 5.06 Å². The summed E-state index contributed by atoms with van der Waals surface area (Å²) < 4.78 is 0. The summed E-state index contributed by atoms with van der Waals surface area (Å²) >= 11 is 0. The van der Waals surface area contributed by atoms with Gasteiger partial charge < -0.3 is 5.11 Å². The predicted molar refractivity (Wildman–Crippen MR) is 57.2 cm³/mol. The first-order chi connectivity index (χ1) is 8.48. The average molecular weight is 251 g/mol. The van der Waals surface area contributed by atoms with Gasteiger partial charge in [-0.05, 0) is 24.7 Å². The quantitative estimate of drug-likeness (QED) is 0.430. The lowest BCUT2D eigenvalue weighted by Crippen LogP contribution is -2.39. The van der Waals surface area contributed by atoms with E-state index in [9.17, 15) is 19.6 Å². The summed E-state index contributed by atoms with van der Waals surface area (Å²) in [7, 11) is 0. The van der Waals surface area contributed by atoms with Gasteiger partial charge in [0.2, 0.25) is 0 Å². The van der Waals surface area contributed by atoms with E-state index in [4.69, 9.17) is 5.11 Å². The molecule has 1 saturated carbocycles. The molecule has 2 N–H and O–H groups in total. The summed E-state index contributed by atoms with van der Waals surface area (Å²) in [5, 5.41) is 18.5. The van der Waals surface area contributed by atoms with Gasteiger partial charge in [0.1, 0.15) is 0 Å². The highest BCUT2D eigenvalue weighted by molar-refractivity contribution is 6.07. The van der Waals surface area contributed by atoms with Crippen LogP contribution >= 0.6 is 0 Å². The number of hydrogen-bond acceptors (Lipinski definition) is 4. The Morgan fingerprint density at radius 2 is 2.17 bits per heavy atom. The molecule has 4 unspecified atom stereocenters. The third-order valence-corrected chi connectivity index (χ3v) is 4.58. The Morgan fingerprint density at radius 1 is 1.44 bits per heavy atom. The van der Waals surface area contributed by atoms with E-state index in [1.807, 2.05) is 12.2 Å². The molecule has 0 radical (unpaired) electrons. The molecule has 1 heterocycles. The van der Waals surface area contributed by atoms with E-state index in [1.165, 1.54) is 0 Å². The summed E-state index contributed by atoms with van der Waals surface area (Å²) in [5.41, 5.74) is -1.02. The standard InChI is InChI=1S/C12H13NO5/c14-8(15)3-4-12-7-2-1-6(5-7)9(12)10(16)13(18)11(12)17/h1-2,6-7,9,18H,3-5H2,(H,14,15). The second-order valence-electron chi connectivity index (χ2n) is 5.26. The maximum absolute atomic E-state index is 12.1. The minimum atomic E-state index is -1.02. The van der Waals surface area contributed by atoms with Crippen LogP contribution in [0, 0.1) is 23.2 Å². The molecule has 0 aromatic carbocycles. The number of carbonyl (C=O) groups excluding carboxylic acids is 2. The van der Waals surface area contributed by atoms with E-state index in [0.717, 1.165) is 0 Å². The van der Waals surface area contributed by atoms with Crippen LogP contribution in [0.15, 0.2) is 12.2 Å².